The predicted molar refractivity (Wildman–Crippen MR) is 59.1 cm³/mol. The zero-order valence-electron chi connectivity index (χ0n) is 9.29. The molecule has 0 heterocycles. The average molecular weight is 219 g/mol. The van der Waals surface area contributed by atoms with Crippen molar-refractivity contribution < 1.29 is 8.42 Å². The summed E-state index contributed by atoms with van der Waals surface area (Å²) in [4.78, 5) is 0. The van der Waals surface area contributed by atoms with Gasteiger partial charge in [0, 0.05) is 6.04 Å². The minimum atomic E-state index is -2.84. The number of hydrogen-bond donors (Lipinski definition) is 1. The van der Waals surface area contributed by atoms with Crippen molar-refractivity contribution in [2.45, 2.75) is 44.4 Å². The fraction of sp³-hybridized carbons (Fsp3) is 1.00. The predicted octanol–water partition coefficient (Wildman–Crippen LogP) is 1.20. The molecule has 0 spiro atoms. The van der Waals surface area contributed by atoms with E-state index in [4.69, 9.17) is 0 Å². The molecule has 2 atom stereocenters. The highest BCUT2D eigenvalue weighted by Crippen LogP contribution is 2.26. The van der Waals surface area contributed by atoms with Crippen molar-refractivity contribution in [2.75, 3.05) is 12.8 Å². The maximum Gasteiger partial charge on any atom is 0.153 e. The van der Waals surface area contributed by atoms with Crippen molar-refractivity contribution in [3.05, 3.63) is 0 Å². The van der Waals surface area contributed by atoms with Gasteiger partial charge in [-0.2, -0.15) is 0 Å². The fourth-order valence-corrected chi connectivity index (χ4v) is 4.35. The van der Waals surface area contributed by atoms with E-state index in [2.05, 4.69) is 5.32 Å². The van der Waals surface area contributed by atoms with Crippen molar-refractivity contribution >= 4 is 9.84 Å². The fourth-order valence-electron chi connectivity index (χ4n) is 2.13. The molecule has 0 saturated heterocycles. The van der Waals surface area contributed by atoms with Crippen LogP contribution in [0.2, 0.25) is 0 Å². The van der Waals surface area contributed by atoms with Gasteiger partial charge >= 0.3 is 0 Å². The molecule has 14 heavy (non-hydrogen) atoms. The molecule has 0 aromatic heterocycles. The number of hydrogen-bond acceptors (Lipinski definition) is 3. The molecule has 1 rings (SSSR count). The van der Waals surface area contributed by atoms with Gasteiger partial charge in [-0.3, -0.25) is 0 Å². The Labute approximate surface area is 87.2 Å². The summed E-state index contributed by atoms with van der Waals surface area (Å²) >= 11 is 0. The van der Waals surface area contributed by atoms with Crippen molar-refractivity contribution in [1.29, 1.82) is 0 Å². The third kappa shape index (κ3) is 2.95. The first-order chi connectivity index (χ1) is 6.45. The van der Waals surface area contributed by atoms with Gasteiger partial charge in [-0.1, -0.05) is 13.8 Å². The quantitative estimate of drug-likeness (QED) is 0.773. The lowest BCUT2D eigenvalue weighted by Gasteiger charge is -2.13. The van der Waals surface area contributed by atoms with Crippen LogP contribution < -0.4 is 5.32 Å². The molecule has 4 heteroatoms. The summed E-state index contributed by atoms with van der Waals surface area (Å²) in [6.45, 7) is 3.92. The molecule has 0 radical (unpaired) electrons. The van der Waals surface area contributed by atoms with Gasteiger partial charge in [-0.05, 0) is 32.2 Å². The average Bonchev–Trinajstić information content (AvgIpc) is 2.49. The molecule has 1 fully saturated rings. The summed E-state index contributed by atoms with van der Waals surface area (Å²) in [5, 5.41) is 3.06. The monoisotopic (exact) mass is 219 g/mol. The van der Waals surface area contributed by atoms with Crippen LogP contribution in [0.15, 0.2) is 0 Å². The van der Waals surface area contributed by atoms with E-state index in [9.17, 15) is 8.42 Å². The zero-order chi connectivity index (χ0) is 10.8. The summed E-state index contributed by atoms with van der Waals surface area (Å²) in [5.74, 6) is 0.585. The Balaban J connectivity index is 2.57. The number of nitrogens with one attached hydrogen (secondary N) is 1. The minimum Gasteiger partial charge on any atom is -0.317 e. The van der Waals surface area contributed by atoms with E-state index in [-0.39, 0.29) is 11.2 Å². The summed E-state index contributed by atoms with van der Waals surface area (Å²) in [6, 6.07) is 0.405. The molecule has 0 aromatic carbocycles. The second kappa shape index (κ2) is 4.62. The summed E-state index contributed by atoms with van der Waals surface area (Å²) in [6.07, 6.45) is 2.63. The van der Waals surface area contributed by atoms with E-state index in [1.807, 2.05) is 20.9 Å². The SMILES string of the molecule is CNC1CCC(S(=O)(=O)CC(C)C)C1. The Morgan fingerprint density at radius 3 is 2.43 bits per heavy atom. The van der Waals surface area contributed by atoms with Gasteiger partial charge in [-0.15, -0.1) is 0 Å². The standard InChI is InChI=1S/C10H21NO2S/c1-8(2)7-14(12,13)10-5-4-9(6-10)11-3/h8-11H,4-7H2,1-3H3. The Morgan fingerprint density at radius 2 is 2.00 bits per heavy atom. The van der Waals surface area contributed by atoms with Crippen molar-refractivity contribution in [3.63, 3.8) is 0 Å². The number of sulfone groups is 1. The van der Waals surface area contributed by atoms with Gasteiger partial charge in [0.2, 0.25) is 0 Å². The summed E-state index contributed by atoms with van der Waals surface area (Å²) in [7, 11) is -0.937. The maximum absolute atomic E-state index is 11.9. The van der Waals surface area contributed by atoms with Gasteiger partial charge in [0.1, 0.15) is 0 Å². The van der Waals surface area contributed by atoms with E-state index in [1.165, 1.54) is 0 Å². The lowest BCUT2D eigenvalue weighted by Crippen LogP contribution is -2.27. The Bertz CT molecular complexity index is 272. The minimum absolute atomic E-state index is 0.0950. The van der Waals surface area contributed by atoms with Crippen LogP contribution in [0.1, 0.15) is 33.1 Å². The number of rotatable bonds is 4. The van der Waals surface area contributed by atoms with E-state index in [1.54, 1.807) is 0 Å². The van der Waals surface area contributed by atoms with Crippen molar-refractivity contribution in [1.82, 2.24) is 5.32 Å². The van der Waals surface area contributed by atoms with E-state index in [0.29, 0.717) is 11.8 Å². The second-order valence-corrected chi connectivity index (χ2v) is 6.97. The topological polar surface area (TPSA) is 46.2 Å². The Hall–Kier alpha value is -0.0900. The van der Waals surface area contributed by atoms with Crippen LogP contribution in [0.3, 0.4) is 0 Å². The highest BCUT2D eigenvalue weighted by molar-refractivity contribution is 7.92. The summed E-state index contributed by atoms with van der Waals surface area (Å²) in [5.41, 5.74) is 0. The van der Waals surface area contributed by atoms with Gasteiger partial charge in [0.25, 0.3) is 0 Å². The van der Waals surface area contributed by atoms with E-state index >= 15 is 0 Å². The van der Waals surface area contributed by atoms with E-state index < -0.39 is 9.84 Å². The van der Waals surface area contributed by atoms with Gasteiger partial charge in [0.15, 0.2) is 9.84 Å². The third-order valence-electron chi connectivity index (χ3n) is 2.87. The molecular weight excluding hydrogens is 198 g/mol. The molecular formula is C10H21NO2S. The Morgan fingerprint density at radius 1 is 1.36 bits per heavy atom. The lowest BCUT2D eigenvalue weighted by molar-refractivity contribution is 0.556. The molecule has 1 aliphatic rings. The second-order valence-electron chi connectivity index (χ2n) is 4.64. The Kier molecular flexibility index (Phi) is 3.95. The van der Waals surface area contributed by atoms with Crippen LogP contribution in [-0.4, -0.2) is 32.5 Å². The zero-order valence-corrected chi connectivity index (χ0v) is 10.1. The van der Waals surface area contributed by atoms with Crippen LogP contribution in [0.25, 0.3) is 0 Å². The molecule has 3 nitrogen and oxygen atoms in total. The highest BCUT2D eigenvalue weighted by Gasteiger charge is 2.33. The van der Waals surface area contributed by atoms with Crippen LogP contribution in [0.4, 0.5) is 0 Å². The van der Waals surface area contributed by atoms with Crippen LogP contribution in [0.5, 0.6) is 0 Å². The van der Waals surface area contributed by atoms with Gasteiger partial charge in [-0.25, -0.2) is 8.42 Å². The largest absolute Gasteiger partial charge is 0.317 e. The van der Waals surface area contributed by atoms with Crippen molar-refractivity contribution in [3.8, 4) is 0 Å². The molecule has 0 bridgehead atoms. The molecule has 84 valence electrons. The van der Waals surface area contributed by atoms with E-state index in [0.717, 1.165) is 19.3 Å². The summed E-state index contributed by atoms with van der Waals surface area (Å²) < 4.78 is 23.8. The molecule has 0 aliphatic heterocycles. The molecule has 0 aromatic rings. The third-order valence-corrected chi connectivity index (χ3v) is 5.44. The maximum atomic E-state index is 11.9. The highest BCUT2D eigenvalue weighted by atomic mass is 32.2. The first kappa shape index (κ1) is 12.0. The molecule has 1 N–H and O–H groups in total. The lowest BCUT2D eigenvalue weighted by atomic mass is 10.3. The molecule has 2 unspecified atom stereocenters. The van der Waals surface area contributed by atoms with Crippen LogP contribution >= 0.6 is 0 Å². The first-order valence-corrected chi connectivity index (χ1v) is 7.06. The smallest absolute Gasteiger partial charge is 0.153 e. The molecule has 1 saturated carbocycles. The van der Waals surface area contributed by atoms with Gasteiger partial charge < -0.3 is 5.32 Å². The van der Waals surface area contributed by atoms with Crippen molar-refractivity contribution in [2.24, 2.45) is 5.92 Å². The molecule has 0 amide bonds. The van der Waals surface area contributed by atoms with Gasteiger partial charge in [0.05, 0.1) is 11.0 Å². The van der Waals surface area contributed by atoms with Crippen LogP contribution in [-0.2, 0) is 9.84 Å². The normalized spacial score (nSPS) is 28.6. The molecule has 1 aliphatic carbocycles. The van der Waals surface area contributed by atoms with Crippen LogP contribution in [0, 0.1) is 5.92 Å². The first-order valence-electron chi connectivity index (χ1n) is 5.34.